The summed E-state index contributed by atoms with van der Waals surface area (Å²) in [7, 11) is 2.79. The van der Waals surface area contributed by atoms with Crippen molar-refractivity contribution in [1.82, 2.24) is 0 Å². The molecular formula is C15H12O6. The van der Waals surface area contributed by atoms with Crippen LogP contribution in [0, 0.1) is 0 Å². The molecule has 0 saturated heterocycles. The van der Waals surface area contributed by atoms with Gasteiger partial charge in [-0.25, -0.2) is 0 Å². The lowest BCUT2D eigenvalue weighted by Gasteiger charge is -2.08. The molecule has 3 aromatic rings. The fourth-order valence-electron chi connectivity index (χ4n) is 2.27. The molecule has 108 valence electrons. The van der Waals surface area contributed by atoms with Gasteiger partial charge in [-0.15, -0.1) is 0 Å². The molecule has 0 radical (unpaired) electrons. The van der Waals surface area contributed by atoms with Crippen LogP contribution in [-0.2, 0) is 0 Å². The molecule has 0 aliphatic heterocycles. The van der Waals surface area contributed by atoms with Crippen molar-refractivity contribution in [2.45, 2.75) is 0 Å². The molecular weight excluding hydrogens is 276 g/mol. The Morgan fingerprint density at radius 1 is 0.952 bits per heavy atom. The van der Waals surface area contributed by atoms with Crippen molar-refractivity contribution >= 4 is 21.9 Å². The van der Waals surface area contributed by atoms with Crippen LogP contribution in [0.5, 0.6) is 23.0 Å². The van der Waals surface area contributed by atoms with Crippen molar-refractivity contribution in [2.75, 3.05) is 14.2 Å². The van der Waals surface area contributed by atoms with Gasteiger partial charge in [0.05, 0.1) is 19.6 Å². The van der Waals surface area contributed by atoms with Crippen LogP contribution in [0.3, 0.4) is 0 Å². The number of phenolic OH excluding ortho intramolecular Hbond substituents is 2. The Balaban J connectivity index is 2.53. The third-order valence-corrected chi connectivity index (χ3v) is 3.24. The van der Waals surface area contributed by atoms with Gasteiger partial charge >= 0.3 is 0 Å². The number of fused-ring (bicyclic) bond motifs is 2. The summed E-state index contributed by atoms with van der Waals surface area (Å²) in [4.78, 5) is 12.6. The molecule has 6 nitrogen and oxygen atoms in total. The molecule has 0 fully saturated rings. The molecule has 3 rings (SSSR count). The zero-order valence-corrected chi connectivity index (χ0v) is 11.3. The summed E-state index contributed by atoms with van der Waals surface area (Å²) in [6, 6.07) is 5.36. The summed E-state index contributed by atoms with van der Waals surface area (Å²) < 4.78 is 15.7. The van der Waals surface area contributed by atoms with Crippen LogP contribution in [0.4, 0.5) is 0 Å². The van der Waals surface area contributed by atoms with E-state index in [-0.39, 0.29) is 50.4 Å². The highest BCUT2D eigenvalue weighted by Crippen LogP contribution is 2.34. The van der Waals surface area contributed by atoms with Crippen LogP contribution in [0.25, 0.3) is 21.9 Å². The van der Waals surface area contributed by atoms with E-state index in [4.69, 9.17) is 13.9 Å². The molecule has 0 atom stereocenters. The number of ether oxygens (including phenoxy) is 2. The van der Waals surface area contributed by atoms with Gasteiger partial charge in [0.1, 0.15) is 28.1 Å². The molecule has 0 bridgehead atoms. The normalized spacial score (nSPS) is 11.0. The van der Waals surface area contributed by atoms with Gasteiger partial charge in [0.15, 0.2) is 11.5 Å². The molecule has 0 amide bonds. The third-order valence-electron chi connectivity index (χ3n) is 3.24. The second kappa shape index (κ2) is 4.59. The van der Waals surface area contributed by atoms with E-state index < -0.39 is 0 Å². The summed E-state index contributed by atoms with van der Waals surface area (Å²) >= 11 is 0. The molecule has 1 heterocycles. The monoisotopic (exact) mass is 288 g/mol. The molecule has 6 heteroatoms. The predicted octanol–water partition coefficient (Wildman–Crippen LogP) is 2.37. The minimum absolute atomic E-state index is 0.0837. The zero-order valence-electron chi connectivity index (χ0n) is 11.3. The SMILES string of the molecule is COc1cc2c(=O)c3c(OC)cc(O)cc3oc2cc1O. The number of phenols is 2. The van der Waals surface area contributed by atoms with Crippen molar-refractivity contribution in [2.24, 2.45) is 0 Å². The van der Waals surface area contributed by atoms with Gasteiger partial charge in [0.25, 0.3) is 0 Å². The molecule has 0 saturated carbocycles. The third kappa shape index (κ3) is 1.92. The quantitative estimate of drug-likeness (QED) is 0.704. The summed E-state index contributed by atoms with van der Waals surface area (Å²) in [6.07, 6.45) is 0. The number of hydrogen-bond donors (Lipinski definition) is 2. The summed E-state index contributed by atoms with van der Waals surface area (Å²) in [6.45, 7) is 0. The minimum Gasteiger partial charge on any atom is -0.508 e. The lowest BCUT2D eigenvalue weighted by Crippen LogP contribution is -2.04. The van der Waals surface area contributed by atoms with Gasteiger partial charge in [0.2, 0.25) is 5.43 Å². The lowest BCUT2D eigenvalue weighted by molar-refractivity contribution is 0.374. The van der Waals surface area contributed by atoms with Crippen LogP contribution in [-0.4, -0.2) is 24.4 Å². The highest BCUT2D eigenvalue weighted by Gasteiger charge is 2.16. The first-order valence-electron chi connectivity index (χ1n) is 6.09. The van der Waals surface area contributed by atoms with E-state index in [0.29, 0.717) is 0 Å². The maximum Gasteiger partial charge on any atom is 0.204 e. The topological polar surface area (TPSA) is 89.1 Å². The Morgan fingerprint density at radius 3 is 2.33 bits per heavy atom. The molecule has 21 heavy (non-hydrogen) atoms. The highest BCUT2D eigenvalue weighted by atomic mass is 16.5. The van der Waals surface area contributed by atoms with E-state index in [0.717, 1.165) is 0 Å². The molecule has 0 spiro atoms. The van der Waals surface area contributed by atoms with Crippen molar-refractivity contribution in [3.63, 3.8) is 0 Å². The number of hydrogen-bond acceptors (Lipinski definition) is 6. The standard InChI is InChI=1S/C15H12O6/c1-19-11-5-8-10(6-9(11)17)21-13-4-7(16)3-12(20-2)14(13)15(8)18/h3-6,16-17H,1-2H3. The van der Waals surface area contributed by atoms with Crippen molar-refractivity contribution in [3.8, 4) is 23.0 Å². The summed E-state index contributed by atoms with van der Waals surface area (Å²) in [5, 5.41) is 19.9. The molecule has 1 aromatic heterocycles. The minimum atomic E-state index is -0.332. The van der Waals surface area contributed by atoms with Crippen LogP contribution in [0.2, 0.25) is 0 Å². The number of rotatable bonds is 2. The van der Waals surface area contributed by atoms with Crippen molar-refractivity contribution < 1.29 is 24.1 Å². The van der Waals surface area contributed by atoms with E-state index in [2.05, 4.69) is 0 Å². The first-order chi connectivity index (χ1) is 10.0. The largest absolute Gasteiger partial charge is 0.508 e. The van der Waals surface area contributed by atoms with E-state index in [9.17, 15) is 15.0 Å². The molecule has 0 unspecified atom stereocenters. The van der Waals surface area contributed by atoms with Crippen LogP contribution < -0.4 is 14.9 Å². The average Bonchev–Trinajstić information content (AvgIpc) is 2.45. The number of methoxy groups -OCH3 is 2. The Kier molecular flexibility index (Phi) is 2.86. The van der Waals surface area contributed by atoms with Gasteiger partial charge in [-0.05, 0) is 6.07 Å². The fraction of sp³-hybridized carbons (Fsp3) is 0.133. The smallest absolute Gasteiger partial charge is 0.204 e. The maximum atomic E-state index is 12.6. The van der Waals surface area contributed by atoms with Gasteiger partial charge in [-0.2, -0.15) is 0 Å². The predicted molar refractivity (Wildman–Crippen MR) is 76.4 cm³/mol. The van der Waals surface area contributed by atoms with E-state index >= 15 is 0 Å². The number of aromatic hydroxyl groups is 2. The first kappa shape index (κ1) is 13.1. The summed E-state index contributed by atoms with van der Waals surface area (Å²) in [5.74, 6) is 0.166. The second-order valence-electron chi connectivity index (χ2n) is 4.47. The van der Waals surface area contributed by atoms with Crippen LogP contribution in [0.1, 0.15) is 0 Å². The maximum absolute atomic E-state index is 12.6. The van der Waals surface area contributed by atoms with Gasteiger partial charge in [0, 0.05) is 18.2 Å². The summed E-state index contributed by atoms with van der Waals surface area (Å²) in [5.41, 5.74) is 0.0359. The Hall–Kier alpha value is -2.89. The van der Waals surface area contributed by atoms with E-state index in [1.807, 2.05) is 0 Å². The van der Waals surface area contributed by atoms with Crippen molar-refractivity contribution in [3.05, 3.63) is 34.5 Å². The highest BCUT2D eigenvalue weighted by molar-refractivity contribution is 5.95. The molecule has 2 aromatic carbocycles. The fourth-order valence-corrected chi connectivity index (χ4v) is 2.27. The Labute approximate surface area is 118 Å². The molecule has 0 aliphatic carbocycles. The lowest BCUT2D eigenvalue weighted by atomic mass is 10.1. The average molecular weight is 288 g/mol. The zero-order chi connectivity index (χ0) is 15.1. The number of benzene rings is 2. The van der Waals surface area contributed by atoms with E-state index in [1.165, 1.54) is 38.5 Å². The molecule has 0 aliphatic rings. The van der Waals surface area contributed by atoms with Gasteiger partial charge < -0.3 is 24.1 Å². The van der Waals surface area contributed by atoms with Gasteiger partial charge in [-0.1, -0.05) is 0 Å². The van der Waals surface area contributed by atoms with Crippen molar-refractivity contribution in [1.29, 1.82) is 0 Å². The Bertz CT molecular complexity index is 910. The van der Waals surface area contributed by atoms with Gasteiger partial charge in [-0.3, -0.25) is 4.79 Å². The van der Waals surface area contributed by atoms with E-state index in [1.54, 1.807) is 0 Å². The first-order valence-corrected chi connectivity index (χ1v) is 6.09. The van der Waals surface area contributed by atoms with Crippen LogP contribution >= 0.6 is 0 Å². The van der Waals surface area contributed by atoms with Crippen LogP contribution in [0.15, 0.2) is 33.5 Å². The Morgan fingerprint density at radius 2 is 1.67 bits per heavy atom. The molecule has 2 N–H and O–H groups in total. The second-order valence-corrected chi connectivity index (χ2v) is 4.47.